The van der Waals surface area contributed by atoms with E-state index in [4.69, 9.17) is 12.2 Å². The highest BCUT2D eigenvalue weighted by Crippen LogP contribution is 2.11. The molecule has 74 valence electrons. The third-order valence-corrected chi connectivity index (χ3v) is 3.28. The molecule has 0 aromatic carbocycles. The van der Waals surface area contributed by atoms with Crippen molar-refractivity contribution in [2.24, 2.45) is 0 Å². The molecule has 1 aromatic rings. The zero-order valence-electron chi connectivity index (χ0n) is 7.36. The van der Waals surface area contributed by atoms with E-state index in [9.17, 15) is 4.21 Å². The van der Waals surface area contributed by atoms with Gasteiger partial charge in [-0.1, -0.05) is 11.3 Å². The fourth-order valence-corrected chi connectivity index (χ4v) is 2.58. The van der Waals surface area contributed by atoms with Gasteiger partial charge in [-0.05, 0) is 19.1 Å². The van der Waals surface area contributed by atoms with Crippen molar-refractivity contribution in [1.82, 2.24) is 10.2 Å². The largest absolute Gasteiger partial charge is 0.357 e. The molecule has 1 heterocycles. The summed E-state index contributed by atoms with van der Waals surface area (Å²) >= 11 is 6.26. The molecule has 0 radical (unpaired) electrons. The van der Waals surface area contributed by atoms with Crippen LogP contribution < -0.4 is 5.32 Å². The summed E-state index contributed by atoms with van der Waals surface area (Å²) in [5.74, 6) is 0.617. The number of anilines is 1. The molecule has 0 amide bonds. The third-order valence-electron chi connectivity index (χ3n) is 1.29. The summed E-state index contributed by atoms with van der Waals surface area (Å²) in [5.41, 5.74) is 0. The molecule has 13 heavy (non-hydrogen) atoms. The zero-order valence-corrected chi connectivity index (χ0v) is 9.81. The van der Waals surface area contributed by atoms with Crippen molar-refractivity contribution in [3.05, 3.63) is 3.95 Å². The maximum atomic E-state index is 10.9. The van der Waals surface area contributed by atoms with Gasteiger partial charge in [0.2, 0.25) is 5.13 Å². The lowest BCUT2D eigenvalue weighted by molar-refractivity contribution is 0.683. The van der Waals surface area contributed by atoms with Crippen molar-refractivity contribution >= 4 is 39.5 Å². The summed E-state index contributed by atoms with van der Waals surface area (Å²) in [6.45, 7) is 1.96. The van der Waals surface area contributed by atoms with Crippen LogP contribution in [-0.4, -0.2) is 32.5 Å². The number of H-pyrrole nitrogens is 1. The second kappa shape index (κ2) is 4.83. The molecular formula is C6H11N3OS3. The van der Waals surface area contributed by atoms with Crippen LogP contribution in [0.2, 0.25) is 0 Å². The van der Waals surface area contributed by atoms with Crippen molar-refractivity contribution in [1.29, 1.82) is 0 Å². The summed E-state index contributed by atoms with van der Waals surface area (Å²) in [4.78, 5) is 0. The third kappa shape index (κ3) is 3.97. The number of rotatable bonds is 4. The Balaban J connectivity index is 2.49. The summed E-state index contributed by atoms with van der Waals surface area (Å²) < 4.78 is 11.5. The lowest BCUT2D eigenvalue weighted by Gasteiger charge is -2.09. The van der Waals surface area contributed by atoms with Crippen LogP contribution in [0.25, 0.3) is 0 Å². The summed E-state index contributed by atoms with van der Waals surface area (Å²) in [6.07, 6.45) is 1.69. The minimum absolute atomic E-state index is 0.153. The first-order valence-corrected chi connectivity index (χ1v) is 6.65. The zero-order chi connectivity index (χ0) is 9.84. The molecule has 0 bridgehead atoms. The molecule has 2 unspecified atom stereocenters. The maximum Gasteiger partial charge on any atom is 0.204 e. The fraction of sp³-hybridized carbons (Fsp3) is 0.667. The van der Waals surface area contributed by atoms with Gasteiger partial charge in [0.25, 0.3) is 0 Å². The van der Waals surface area contributed by atoms with E-state index in [1.165, 1.54) is 11.3 Å². The molecule has 7 heteroatoms. The average Bonchev–Trinajstić information content (AvgIpc) is 2.33. The molecule has 2 atom stereocenters. The van der Waals surface area contributed by atoms with Gasteiger partial charge in [0.1, 0.15) is 0 Å². The second-order valence-corrected chi connectivity index (χ2v) is 5.85. The maximum absolute atomic E-state index is 10.9. The number of nitrogens with zero attached hydrogens (tertiary/aromatic N) is 1. The predicted octanol–water partition coefficient (Wildman–Crippen LogP) is 1.38. The topological polar surface area (TPSA) is 57.8 Å². The molecule has 0 saturated carbocycles. The molecule has 2 N–H and O–H groups in total. The van der Waals surface area contributed by atoms with Crippen molar-refractivity contribution in [3.63, 3.8) is 0 Å². The van der Waals surface area contributed by atoms with Gasteiger partial charge >= 0.3 is 0 Å². The first-order chi connectivity index (χ1) is 6.08. The van der Waals surface area contributed by atoms with Crippen LogP contribution >= 0.6 is 23.6 Å². The number of aromatic amines is 1. The van der Waals surface area contributed by atoms with Crippen LogP contribution in [0.4, 0.5) is 5.13 Å². The second-order valence-electron chi connectivity index (χ2n) is 2.70. The van der Waals surface area contributed by atoms with Crippen LogP contribution in [-0.2, 0) is 10.8 Å². The smallest absolute Gasteiger partial charge is 0.204 e. The highest BCUT2D eigenvalue weighted by molar-refractivity contribution is 7.84. The fourth-order valence-electron chi connectivity index (χ4n) is 0.896. The van der Waals surface area contributed by atoms with Crippen molar-refractivity contribution in [3.8, 4) is 0 Å². The highest BCUT2D eigenvalue weighted by Gasteiger charge is 2.05. The Morgan fingerprint density at radius 2 is 2.54 bits per heavy atom. The normalized spacial score (nSPS) is 15.2. The van der Waals surface area contributed by atoms with Crippen LogP contribution in [0.15, 0.2) is 0 Å². The first kappa shape index (κ1) is 10.8. The van der Waals surface area contributed by atoms with Crippen molar-refractivity contribution < 1.29 is 4.21 Å². The van der Waals surface area contributed by atoms with E-state index in [0.29, 0.717) is 9.71 Å². The van der Waals surface area contributed by atoms with Crippen molar-refractivity contribution in [2.75, 3.05) is 17.3 Å². The Labute approximate surface area is 88.2 Å². The standard InChI is InChI=1S/C6H11N3OS3/c1-4(3-13(2)10)7-5-8-9-6(11)12-5/h4H,3H2,1-2H3,(H,7,8)(H,9,11). The van der Waals surface area contributed by atoms with E-state index in [0.717, 1.165) is 5.13 Å². The Kier molecular flexibility index (Phi) is 4.01. The first-order valence-electron chi connectivity index (χ1n) is 3.70. The number of hydrogen-bond acceptors (Lipinski definition) is 5. The monoisotopic (exact) mass is 237 g/mol. The van der Waals surface area contributed by atoms with Crippen LogP contribution in [0.3, 0.4) is 0 Å². The molecule has 0 fully saturated rings. The van der Waals surface area contributed by atoms with Gasteiger partial charge in [-0.2, -0.15) is 0 Å². The van der Waals surface area contributed by atoms with Gasteiger partial charge in [-0.3, -0.25) is 9.31 Å². The highest BCUT2D eigenvalue weighted by atomic mass is 32.2. The van der Waals surface area contributed by atoms with Gasteiger partial charge < -0.3 is 5.32 Å². The van der Waals surface area contributed by atoms with Crippen molar-refractivity contribution in [2.45, 2.75) is 13.0 Å². The number of hydrogen-bond donors (Lipinski definition) is 2. The van der Waals surface area contributed by atoms with E-state index in [2.05, 4.69) is 15.5 Å². The Bertz CT molecular complexity index is 345. The van der Waals surface area contributed by atoms with E-state index in [-0.39, 0.29) is 6.04 Å². The Morgan fingerprint density at radius 3 is 3.00 bits per heavy atom. The molecule has 0 aliphatic rings. The van der Waals surface area contributed by atoms with E-state index in [1.54, 1.807) is 6.26 Å². The average molecular weight is 237 g/mol. The quantitative estimate of drug-likeness (QED) is 0.777. The van der Waals surface area contributed by atoms with Gasteiger partial charge in [-0.15, -0.1) is 5.10 Å². The molecular weight excluding hydrogens is 226 g/mol. The summed E-state index contributed by atoms with van der Waals surface area (Å²) in [7, 11) is -0.784. The van der Waals surface area contributed by atoms with Crippen LogP contribution in [0.1, 0.15) is 6.92 Å². The lowest BCUT2D eigenvalue weighted by Crippen LogP contribution is -2.22. The van der Waals surface area contributed by atoms with Gasteiger partial charge in [0.15, 0.2) is 3.95 Å². The van der Waals surface area contributed by atoms with E-state index >= 15 is 0 Å². The van der Waals surface area contributed by atoms with Gasteiger partial charge in [0.05, 0.1) is 0 Å². The molecule has 0 spiro atoms. The predicted molar refractivity (Wildman–Crippen MR) is 59.3 cm³/mol. The van der Waals surface area contributed by atoms with E-state index < -0.39 is 10.8 Å². The lowest BCUT2D eigenvalue weighted by atomic mass is 10.4. The minimum Gasteiger partial charge on any atom is -0.357 e. The van der Waals surface area contributed by atoms with Crippen LogP contribution in [0, 0.1) is 3.95 Å². The molecule has 4 nitrogen and oxygen atoms in total. The van der Waals surface area contributed by atoms with E-state index in [1.807, 2.05) is 6.92 Å². The number of nitrogens with one attached hydrogen (secondary N) is 2. The molecule has 0 aliphatic heterocycles. The van der Waals surface area contributed by atoms with Crippen LogP contribution in [0.5, 0.6) is 0 Å². The summed E-state index contributed by atoms with van der Waals surface area (Å²) in [6, 6.07) is 0.153. The Hall–Kier alpha value is -0.270. The number of aromatic nitrogens is 2. The SMILES string of the molecule is CC(CS(C)=O)Nc1n[nH]c(=S)s1. The molecule has 0 aliphatic carbocycles. The molecule has 1 rings (SSSR count). The van der Waals surface area contributed by atoms with Gasteiger partial charge in [-0.25, -0.2) is 0 Å². The minimum atomic E-state index is -0.784. The summed E-state index contributed by atoms with van der Waals surface area (Å²) in [5, 5.41) is 10.5. The molecule has 0 saturated heterocycles. The van der Waals surface area contributed by atoms with Gasteiger partial charge in [0, 0.05) is 28.9 Å². The Morgan fingerprint density at radius 1 is 1.85 bits per heavy atom. The molecule has 1 aromatic heterocycles.